The van der Waals surface area contributed by atoms with Gasteiger partial charge in [0.1, 0.15) is 0 Å². The lowest BCUT2D eigenvalue weighted by molar-refractivity contribution is -0.137. The van der Waals surface area contributed by atoms with E-state index in [1.54, 1.807) is 24.3 Å². The minimum Gasteiger partial charge on any atom is -0.319 e. The van der Waals surface area contributed by atoms with Gasteiger partial charge in [0.15, 0.2) is 0 Å². The summed E-state index contributed by atoms with van der Waals surface area (Å²) in [6, 6.07) is 7.16. The average Bonchev–Trinajstić information content (AvgIpc) is 3.03. The average molecular weight is 415 g/mol. The largest absolute Gasteiger partial charge is 0.417 e. The van der Waals surface area contributed by atoms with Crippen molar-refractivity contribution in [3.05, 3.63) is 75.8 Å². The number of amides is 1. The number of hydrogen-bond acceptors (Lipinski definition) is 3. The number of carbonyl (C=O) groups excluding carboxylic acids is 1. The quantitative estimate of drug-likeness (QED) is 0.659. The van der Waals surface area contributed by atoms with Crippen molar-refractivity contribution < 1.29 is 18.0 Å². The Morgan fingerprint density at radius 1 is 1.15 bits per heavy atom. The number of hydrogen-bond donors (Lipinski definition) is 1. The van der Waals surface area contributed by atoms with Gasteiger partial charge in [-0.1, -0.05) is 23.2 Å². The Hall–Kier alpha value is -2.58. The predicted octanol–water partition coefficient (Wildman–Crippen LogP) is 4.90. The third-order valence-electron chi connectivity index (χ3n) is 3.55. The summed E-state index contributed by atoms with van der Waals surface area (Å²) in [5.74, 6) is -0.350. The molecule has 3 rings (SSSR count). The highest BCUT2D eigenvalue weighted by molar-refractivity contribution is 6.31. The summed E-state index contributed by atoms with van der Waals surface area (Å²) >= 11 is 11.7. The number of nitrogens with zero attached hydrogens (tertiary/aromatic N) is 3. The monoisotopic (exact) mass is 414 g/mol. The van der Waals surface area contributed by atoms with E-state index < -0.39 is 11.7 Å². The molecule has 2 aromatic heterocycles. The number of alkyl halides is 3. The number of halogens is 5. The van der Waals surface area contributed by atoms with Crippen molar-refractivity contribution in [1.29, 1.82) is 0 Å². The standard InChI is InChI=1S/C17H11Cl2F3N4O/c18-12-3-1-10(2-4-12)16(27)25-13-7-24-26(8-13)9-15-14(19)5-11(6-23-15)17(20,21)22/h1-8H,9H2,(H,25,27). The molecule has 0 radical (unpaired) electrons. The van der Waals surface area contributed by atoms with Crippen LogP contribution in [-0.2, 0) is 12.7 Å². The summed E-state index contributed by atoms with van der Waals surface area (Å²) in [6.45, 7) is 0.0494. The van der Waals surface area contributed by atoms with E-state index >= 15 is 0 Å². The topological polar surface area (TPSA) is 59.8 Å². The Morgan fingerprint density at radius 3 is 2.48 bits per heavy atom. The summed E-state index contributed by atoms with van der Waals surface area (Å²) < 4.78 is 39.4. The van der Waals surface area contributed by atoms with E-state index in [2.05, 4.69) is 15.4 Å². The van der Waals surface area contributed by atoms with E-state index in [1.165, 1.54) is 17.1 Å². The molecule has 0 saturated heterocycles. The highest BCUT2D eigenvalue weighted by Crippen LogP contribution is 2.31. The summed E-state index contributed by atoms with van der Waals surface area (Å²) in [7, 11) is 0. The van der Waals surface area contributed by atoms with Crippen LogP contribution < -0.4 is 5.32 Å². The molecule has 1 aromatic carbocycles. The number of benzene rings is 1. The maximum atomic E-state index is 12.6. The molecule has 2 heterocycles. The van der Waals surface area contributed by atoms with Crippen LogP contribution in [0.3, 0.4) is 0 Å². The summed E-state index contributed by atoms with van der Waals surface area (Å²) in [4.78, 5) is 15.9. The first kappa shape index (κ1) is 19.2. The van der Waals surface area contributed by atoms with Crippen LogP contribution in [0.25, 0.3) is 0 Å². The lowest BCUT2D eigenvalue weighted by Gasteiger charge is -2.09. The Morgan fingerprint density at radius 2 is 1.85 bits per heavy atom. The lowest BCUT2D eigenvalue weighted by atomic mass is 10.2. The molecule has 10 heteroatoms. The van der Waals surface area contributed by atoms with Gasteiger partial charge in [-0.15, -0.1) is 0 Å². The minimum atomic E-state index is -4.51. The molecule has 0 atom stereocenters. The molecule has 3 aromatic rings. The van der Waals surface area contributed by atoms with Gasteiger partial charge >= 0.3 is 6.18 Å². The van der Waals surface area contributed by atoms with Gasteiger partial charge in [0.05, 0.1) is 34.7 Å². The molecule has 0 spiro atoms. The van der Waals surface area contributed by atoms with Crippen molar-refractivity contribution in [3.63, 3.8) is 0 Å². The number of nitrogens with one attached hydrogen (secondary N) is 1. The number of aromatic nitrogens is 3. The second-order valence-corrected chi connectivity index (χ2v) is 6.38. The van der Waals surface area contributed by atoms with E-state index in [0.29, 0.717) is 22.5 Å². The van der Waals surface area contributed by atoms with Crippen LogP contribution in [-0.4, -0.2) is 20.7 Å². The smallest absolute Gasteiger partial charge is 0.319 e. The van der Waals surface area contributed by atoms with Crippen LogP contribution in [0.1, 0.15) is 21.6 Å². The van der Waals surface area contributed by atoms with Gasteiger partial charge in [0, 0.05) is 23.0 Å². The van der Waals surface area contributed by atoms with Crippen molar-refractivity contribution in [1.82, 2.24) is 14.8 Å². The Balaban J connectivity index is 1.69. The van der Waals surface area contributed by atoms with Crippen LogP contribution >= 0.6 is 23.2 Å². The van der Waals surface area contributed by atoms with Crippen molar-refractivity contribution in [2.45, 2.75) is 12.7 Å². The number of rotatable bonds is 4. The van der Waals surface area contributed by atoms with Gasteiger partial charge in [-0.25, -0.2) is 0 Å². The number of pyridine rings is 1. The van der Waals surface area contributed by atoms with E-state index in [-0.39, 0.29) is 23.2 Å². The molecule has 0 unspecified atom stereocenters. The van der Waals surface area contributed by atoms with Crippen molar-refractivity contribution >= 4 is 34.8 Å². The van der Waals surface area contributed by atoms with Gasteiger partial charge in [0.25, 0.3) is 5.91 Å². The molecule has 0 aliphatic rings. The predicted molar refractivity (Wildman–Crippen MR) is 95.0 cm³/mol. The fourth-order valence-corrected chi connectivity index (χ4v) is 2.56. The molecule has 1 N–H and O–H groups in total. The van der Waals surface area contributed by atoms with Gasteiger partial charge in [-0.3, -0.25) is 14.5 Å². The molecule has 1 amide bonds. The third kappa shape index (κ3) is 4.78. The van der Waals surface area contributed by atoms with Gasteiger partial charge in [-0.05, 0) is 30.3 Å². The summed E-state index contributed by atoms with van der Waals surface area (Å²) in [5.41, 5.74) is 0.133. The highest BCUT2D eigenvalue weighted by atomic mass is 35.5. The first-order chi connectivity index (χ1) is 12.7. The zero-order chi connectivity index (χ0) is 19.6. The maximum Gasteiger partial charge on any atom is 0.417 e. The van der Waals surface area contributed by atoms with Gasteiger partial charge < -0.3 is 5.32 Å². The Kier molecular flexibility index (Phi) is 5.38. The zero-order valence-electron chi connectivity index (χ0n) is 13.5. The molecule has 5 nitrogen and oxygen atoms in total. The molecular formula is C17H11Cl2F3N4O. The summed E-state index contributed by atoms with van der Waals surface area (Å²) in [6.07, 6.45) is -0.872. The van der Waals surface area contributed by atoms with Crippen LogP contribution in [0.4, 0.5) is 18.9 Å². The highest BCUT2D eigenvalue weighted by Gasteiger charge is 2.31. The van der Waals surface area contributed by atoms with Crippen molar-refractivity contribution in [2.24, 2.45) is 0 Å². The first-order valence-electron chi connectivity index (χ1n) is 7.53. The van der Waals surface area contributed by atoms with E-state index in [9.17, 15) is 18.0 Å². The molecule has 0 bridgehead atoms. The Labute approximate surface area is 161 Å². The van der Waals surface area contributed by atoms with E-state index in [0.717, 1.165) is 6.07 Å². The van der Waals surface area contributed by atoms with Crippen LogP contribution in [0.5, 0.6) is 0 Å². The lowest BCUT2D eigenvalue weighted by Crippen LogP contribution is -2.11. The maximum absolute atomic E-state index is 12.6. The van der Waals surface area contributed by atoms with Gasteiger partial charge in [0.2, 0.25) is 0 Å². The van der Waals surface area contributed by atoms with Gasteiger partial charge in [-0.2, -0.15) is 18.3 Å². The first-order valence-corrected chi connectivity index (χ1v) is 8.29. The Bertz CT molecular complexity index is 971. The molecular weight excluding hydrogens is 404 g/mol. The number of anilines is 1. The molecule has 140 valence electrons. The normalized spacial score (nSPS) is 11.4. The second kappa shape index (κ2) is 7.58. The molecule has 0 saturated carbocycles. The fourth-order valence-electron chi connectivity index (χ4n) is 2.21. The zero-order valence-corrected chi connectivity index (χ0v) is 15.0. The van der Waals surface area contributed by atoms with Crippen molar-refractivity contribution in [3.8, 4) is 0 Å². The second-order valence-electron chi connectivity index (χ2n) is 5.54. The molecule has 0 aliphatic heterocycles. The van der Waals surface area contributed by atoms with E-state index in [4.69, 9.17) is 23.2 Å². The van der Waals surface area contributed by atoms with E-state index in [1.807, 2.05) is 0 Å². The van der Waals surface area contributed by atoms with Crippen LogP contribution in [0.2, 0.25) is 10.0 Å². The SMILES string of the molecule is O=C(Nc1cnn(Cc2ncc(C(F)(F)F)cc2Cl)c1)c1ccc(Cl)cc1. The molecule has 0 aliphatic carbocycles. The summed E-state index contributed by atoms with van der Waals surface area (Å²) in [5, 5.41) is 7.10. The minimum absolute atomic E-state index is 0.0494. The molecule has 0 fully saturated rings. The fraction of sp³-hybridized carbons (Fsp3) is 0.118. The van der Waals surface area contributed by atoms with Crippen molar-refractivity contribution in [2.75, 3.05) is 5.32 Å². The van der Waals surface area contributed by atoms with Crippen LogP contribution in [0.15, 0.2) is 48.9 Å². The number of carbonyl (C=O) groups is 1. The molecule has 27 heavy (non-hydrogen) atoms. The third-order valence-corrected chi connectivity index (χ3v) is 4.13. The van der Waals surface area contributed by atoms with Crippen LogP contribution in [0, 0.1) is 0 Å².